The first kappa shape index (κ1) is 11.2. The van der Waals surface area contributed by atoms with Crippen molar-refractivity contribution in [2.45, 2.75) is 6.54 Å². The van der Waals surface area contributed by atoms with Gasteiger partial charge in [-0.2, -0.15) is 5.26 Å². The molecule has 17 heavy (non-hydrogen) atoms. The van der Waals surface area contributed by atoms with Gasteiger partial charge in [0.1, 0.15) is 11.6 Å². The van der Waals surface area contributed by atoms with Crippen LogP contribution in [0.2, 0.25) is 0 Å². The highest BCUT2D eigenvalue weighted by atomic mass is 16.1. The van der Waals surface area contributed by atoms with Crippen molar-refractivity contribution in [3.8, 4) is 6.07 Å². The first-order valence-electron chi connectivity index (χ1n) is 5.32. The lowest BCUT2D eigenvalue weighted by molar-refractivity contribution is 0.567. The SMILES string of the molecule is CN(C)/C=C/c1cc2n(c(=O)c1C#N)CC=C2. The van der Waals surface area contributed by atoms with Crippen LogP contribution in [0.1, 0.15) is 16.8 Å². The zero-order valence-corrected chi connectivity index (χ0v) is 9.84. The van der Waals surface area contributed by atoms with Crippen molar-refractivity contribution in [3.05, 3.63) is 45.5 Å². The molecule has 0 aliphatic carbocycles. The van der Waals surface area contributed by atoms with E-state index in [1.54, 1.807) is 10.6 Å². The third kappa shape index (κ3) is 2.00. The zero-order chi connectivity index (χ0) is 12.4. The number of fused-ring (bicyclic) bond motifs is 1. The monoisotopic (exact) mass is 227 g/mol. The number of aromatic nitrogens is 1. The number of rotatable bonds is 2. The van der Waals surface area contributed by atoms with Gasteiger partial charge in [0, 0.05) is 31.9 Å². The lowest BCUT2D eigenvalue weighted by Crippen LogP contribution is -2.23. The highest BCUT2D eigenvalue weighted by Crippen LogP contribution is 2.15. The third-order valence-corrected chi connectivity index (χ3v) is 2.60. The number of hydrogen-bond donors (Lipinski definition) is 0. The highest BCUT2D eigenvalue weighted by molar-refractivity contribution is 5.62. The number of nitrogens with zero attached hydrogens (tertiary/aromatic N) is 3. The molecule has 86 valence electrons. The largest absolute Gasteiger partial charge is 0.383 e. The van der Waals surface area contributed by atoms with Gasteiger partial charge in [0.15, 0.2) is 0 Å². The van der Waals surface area contributed by atoms with Crippen LogP contribution in [0.25, 0.3) is 12.2 Å². The summed E-state index contributed by atoms with van der Waals surface area (Å²) in [6, 6.07) is 3.85. The molecule has 4 nitrogen and oxygen atoms in total. The van der Waals surface area contributed by atoms with E-state index in [1.807, 2.05) is 49.5 Å². The van der Waals surface area contributed by atoms with Crippen molar-refractivity contribution in [1.29, 1.82) is 5.26 Å². The second-order valence-corrected chi connectivity index (χ2v) is 4.11. The van der Waals surface area contributed by atoms with Gasteiger partial charge in [0.05, 0.1) is 0 Å². The summed E-state index contributed by atoms with van der Waals surface area (Å²) in [5.41, 5.74) is 1.51. The summed E-state index contributed by atoms with van der Waals surface area (Å²) in [7, 11) is 3.78. The van der Waals surface area contributed by atoms with E-state index in [0.29, 0.717) is 12.1 Å². The molecule has 0 saturated carbocycles. The Morgan fingerprint density at radius 2 is 2.29 bits per heavy atom. The Balaban J connectivity index is 2.60. The molecule has 0 radical (unpaired) electrons. The summed E-state index contributed by atoms with van der Waals surface area (Å²) in [6.07, 6.45) is 7.42. The van der Waals surface area contributed by atoms with Gasteiger partial charge in [-0.3, -0.25) is 4.79 Å². The topological polar surface area (TPSA) is 49.0 Å². The molecule has 1 aromatic heterocycles. The van der Waals surface area contributed by atoms with Gasteiger partial charge < -0.3 is 9.47 Å². The lowest BCUT2D eigenvalue weighted by atomic mass is 10.1. The van der Waals surface area contributed by atoms with E-state index in [1.165, 1.54) is 0 Å². The van der Waals surface area contributed by atoms with Crippen LogP contribution in [0.15, 0.2) is 23.1 Å². The van der Waals surface area contributed by atoms with Crippen LogP contribution in [0.4, 0.5) is 0 Å². The summed E-state index contributed by atoms with van der Waals surface area (Å²) in [5, 5.41) is 9.06. The van der Waals surface area contributed by atoms with Crippen LogP contribution >= 0.6 is 0 Å². The molecule has 1 aliphatic heterocycles. The van der Waals surface area contributed by atoms with Crippen molar-refractivity contribution in [3.63, 3.8) is 0 Å². The molecule has 0 spiro atoms. The molecule has 0 unspecified atom stereocenters. The average molecular weight is 227 g/mol. The maximum absolute atomic E-state index is 12.0. The van der Waals surface area contributed by atoms with Gasteiger partial charge in [-0.25, -0.2) is 0 Å². The lowest BCUT2D eigenvalue weighted by Gasteiger charge is -2.07. The Labute approximate surface area is 99.7 Å². The fourth-order valence-electron chi connectivity index (χ4n) is 1.76. The van der Waals surface area contributed by atoms with Crippen LogP contribution in [0, 0.1) is 11.3 Å². The second-order valence-electron chi connectivity index (χ2n) is 4.11. The van der Waals surface area contributed by atoms with E-state index >= 15 is 0 Å². The smallest absolute Gasteiger partial charge is 0.269 e. The molecule has 2 rings (SSSR count). The minimum Gasteiger partial charge on any atom is -0.383 e. The molecule has 0 saturated heterocycles. The van der Waals surface area contributed by atoms with E-state index < -0.39 is 0 Å². The van der Waals surface area contributed by atoms with E-state index in [-0.39, 0.29) is 11.1 Å². The molecule has 0 bridgehead atoms. The predicted octanol–water partition coefficient (Wildman–Crippen LogP) is 1.28. The van der Waals surface area contributed by atoms with Gasteiger partial charge in [-0.15, -0.1) is 0 Å². The fourth-order valence-corrected chi connectivity index (χ4v) is 1.76. The molecule has 0 aromatic carbocycles. The van der Waals surface area contributed by atoms with Crippen molar-refractivity contribution >= 4 is 12.2 Å². The standard InChI is InChI=1S/C13H13N3O/c1-15(2)7-5-10-8-11-4-3-6-16(11)13(17)12(10)9-14/h3-5,7-8H,6H2,1-2H3/b7-5+. The third-order valence-electron chi connectivity index (χ3n) is 2.60. The van der Waals surface area contributed by atoms with Crippen LogP contribution in [-0.2, 0) is 6.54 Å². The minimum atomic E-state index is -0.214. The molecule has 1 aliphatic rings. The Morgan fingerprint density at radius 1 is 1.53 bits per heavy atom. The molecule has 4 heteroatoms. The quantitative estimate of drug-likeness (QED) is 0.764. The van der Waals surface area contributed by atoms with E-state index in [4.69, 9.17) is 5.26 Å². The zero-order valence-electron chi connectivity index (χ0n) is 9.84. The molecule has 0 fully saturated rings. The van der Waals surface area contributed by atoms with Gasteiger partial charge in [-0.1, -0.05) is 6.08 Å². The second kappa shape index (κ2) is 4.30. The molecule has 0 N–H and O–H groups in total. The van der Waals surface area contributed by atoms with Gasteiger partial charge in [0.2, 0.25) is 0 Å². The van der Waals surface area contributed by atoms with Crippen LogP contribution < -0.4 is 5.56 Å². The molecule has 2 heterocycles. The van der Waals surface area contributed by atoms with Gasteiger partial charge >= 0.3 is 0 Å². The number of allylic oxidation sites excluding steroid dienone is 1. The van der Waals surface area contributed by atoms with Gasteiger partial charge in [-0.05, 0) is 24.4 Å². The molecular formula is C13H13N3O. The van der Waals surface area contributed by atoms with Crippen molar-refractivity contribution < 1.29 is 0 Å². The Morgan fingerprint density at radius 3 is 2.94 bits per heavy atom. The summed E-state index contributed by atoms with van der Waals surface area (Å²) < 4.78 is 1.60. The Kier molecular flexibility index (Phi) is 2.84. The van der Waals surface area contributed by atoms with E-state index in [9.17, 15) is 4.79 Å². The summed E-state index contributed by atoms with van der Waals surface area (Å²) in [4.78, 5) is 13.9. The van der Waals surface area contributed by atoms with Crippen LogP contribution in [-0.4, -0.2) is 23.6 Å². The summed E-state index contributed by atoms with van der Waals surface area (Å²) in [6.45, 7) is 0.556. The fraction of sp³-hybridized carbons (Fsp3) is 0.231. The Bertz CT molecular complexity index is 600. The normalized spacial score (nSPS) is 12.8. The van der Waals surface area contributed by atoms with E-state index in [2.05, 4.69) is 0 Å². The number of pyridine rings is 1. The summed E-state index contributed by atoms with van der Waals surface area (Å²) >= 11 is 0. The van der Waals surface area contributed by atoms with Gasteiger partial charge in [0.25, 0.3) is 5.56 Å². The first-order chi connectivity index (χ1) is 8.13. The number of hydrogen-bond acceptors (Lipinski definition) is 3. The predicted molar refractivity (Wildman–Crippen MR) is 67.2 cm³/mol. The molecule has 1 aromatic rings. The van der Waals surface area contributed by atoms with Crippen LogP contribution in [0.5, 0.6) is 0 Å². The molecular weight excluding hydrogens is 214 g/mol. The van der Waals surface area contributed by atoms with E-state index in [0.717, 1.165) is 5.69 Å². The highest BCUT2D eigenvalue weighted by Gasteiger charge is 2.13. The number of nitriles is 1. The summed E-state index contributed by atoms with van der Waals surface area (Å²) in [5.74, 6) is 0. The molecule has 0 atom stereocenters. The van der Waals surface area contributed by atoms with Crippen molar-refractivity contribution in [1.82, 2.24) is 9.47 Å². The van der Waals surface area contributed by atoms with Crippen molar-refractivity contribution in [2.75, 3.05) is 14.1 Å². The Hall–Kier alpha value is -2.28. The van der Waals surface area contributed by atoms with Crippen molar-refractivity contribution in [2.24, 2.45) is 0 Å². The average Bonchev–Trinajstić information content (AvgIpc) is 2.74. The van der Waals surface area contributed by atoms with Crippen LogP contribution in [0.3, 0.4) is 0 Å². The first-order valence-corrected chi connectivity index (χ1v) is 5.32. The maximum Gasteiger partial charge on any atom is 0.269 e. The minimum absolute atomic E-state index is 0.204. The molecule has 0 amide bonds. The maximum atomic E-state index is 12.0.